The van der Waals surface area contributed by atoms with Gasteiger partial charge in [0, 0.05) is 13.1 Å². The molecule has 102 valence electrons. The Morgan fingerprint density at radius 3 is 2.84 bits per heavy atom. The van der Waals surface area contributed by atoms with Gasteiger partial charge >= 0.3 is 6.09 Å². The molecular weight excluding hydrogens is 240 g/mol. The molecule has 1 aliphatic heterocycles. The lowest BCUT2D eigenvalue weighted by molar-refractivity contribution is 0.0770. The molecule has 0 aliphatic carbocycles. The molecular formula is C15H20N2O2. The topological polar surface area (TPSA) is 41.6 Å². The van der Waals surface area contributed by atoms with Crippen LogP contribution in [-0.4, -0.2) is 24.2 Å². The number of benzene rings is 1. The summed E-state index contributed by atoms with van der Waals surface area (Å²) >= 11 is 0. The minimum Gasteiger partial charge on any atom is -0.444 e. The van der Waals surface area contributed by atoms with Gasteiger partial charge in [-0.1, -0.05) is 42.5 Å². The summed E-state index contributed by atoms with van der Waals surface area (Å²) < 4.78 is 5.31. The largest absolute Gasteiger partial charge is 0.444 e. The second kappa shape index (κ2) is 7.59. The second-order valence-corrected chi connectivity index (χ2v) is 4.50. The molecule has 1 aliphatic rings. The van der Waals surface area contributed by atoms with E-state index in [0.29, 0.717) is 13.2 Å². The van der Waals surface area contributed by atoms with Crippen molar-refractivity contribution >= 4 is 6.09 Å². The van der Waals surface area contributed by atoms with Crippen molar-refractivity contribution in [1.29, 1.82) is 0 Å². The highest BCUT2D eigenvalue weighted by Gasteiger charge is 2.14. The maximum atomic E-state index is 12.0. The van der Waals surface area contributed by atoms with Crippen molar-refractivity contribution in [3.05, 3.63) is 48.0 Å². The van der Waals surface area contributed by atoms with Gasteiger partial charge in [0.15, 0.2) is 0 Å². The monoisotopic (exact) mass is 260 g/mol. The molecule has 0 spiro atoms. The zero-order valence-electron chi connectivity index (χ0n) is 11.0. The minimum atomic E-state index is -0.300. The predicted octanol–water partition coefficient (Wildman–Crippen LogP) is 2.87. The van der Waals surface area contributed by atoms with Crippen LogP contribution in [-0.2, 0) is 11.3 Å². The lowest BCUT2D eigenvalue weighted by atomic mass is 10.2. The number of carbonyl (C=O) groups excluding carboxylic acids is 1. The van der Waals surface area contributed by atoms with E-state index in [2.05, 4.69) is 17.6 Å². The Hall–Kier alpha value is -1.81. The third-order valence-corrected chi connectivity index (χ3v) is 2.96. The highest BCUT2D eigenvalue weighted by Crippen LogP contribution is 2.04. The summed E-state index contributed by atoms with van der Waals surface area (Å²) in [6, 6.07) is 9.72. The Morgan fingerprint density at radius 1 is 1.21 bits per heavy atom. The molecule has 0 aromatic heterocycles. The molecule has 0 unspecified atom stereocenters. The van der Waals surface area contributed by atoms with E-state index in [9.17, 15) is 4.79 Å². The number of amides is 1. The van der Waals surface area contributed by atoms with E-state index >= 15 is 0 Å². The number of nitrogens with one attached hydrogen (secondary N) is 1. The van der Waals surface area contributed by atoms with Crippen LogP contribution in [0.2, 0.25) is 0 Å². The first kappa shape index (κ1) is 13.6. The van der Waals surface area contributed by atoms with Crippen LogP contribution in [0.5, 0.6) is 0 Å². The Morgan fingerprint density at radius 2 is 2.00 bits per heavy atom. The summed E-state index contributed by atoms with van der Waals surface area (Å²) in [5, 5.41) is 1.58. The normalized spacial score (nSPS) is 18.0. The summed E-state index contributed by atoms with van der Waals surface area (Å²) in [6.45, 7) is 1.75. The molecule has 0 saturated heterocycles. The van der Waals surface area contributed by atoms with Crippen LogP contribution in [0.3, 0.4) is 0 Å². The first-order chi connectivity index (χ1) is 9.36. The molecule has 1 aromatic carbocycles. The van der Waals surface area contributed by atoms with E-state index in [0.717, 1.165) is 31.4 Å². The van der Waals surface area contributed by atoms with Gasteiger partial charge in [-0.2, -0.15) is 0 Å². The van der Waals surface area contributed by atoms with Gasteiger partial charge in [0.05, 0.1) is 0 Å². The minimum absolute atomic E-state index is 0.300. The Labute approximate surface area is 114 Å². The SMILES string of the molecule is O=C(OCc1ccccc1)N1CCC/C=C\CCN1. The quantitative estimate of drug-likeness (QED) is 0.831. The lowest BCUT2D eigenvalue weighted by Gasteiger charge is -2.22. The summed E-state index contributed by atoms with van der Waals surface area (Å²) in [4.78, 5) is 12.0. The van der Waals surface area contributed by atoms with Crippen molar-refractivity contribution in [3.63, 3.8) is 0 Å². The van der Waals surface area contributed by atoms with E-state index < -0.39 is 0 Å². The molecule has 4 nitrogen and oxygen atoms in total. The summed E-state index contributed by atoms with van der Waals surface area (Å²) in [5.74, 6) is 0. The highest BCUT2D eigenvalue weighted by molar-refractivity contribution is 5.67. The highest BCUT2D eigenvalue weighted by atomic mass is 16.6. The van der Waals surface area contributed by atoms with Crippen molar-refractivity contribution in [1.82, 2.24) is 10.4 Å². The second-order valence-electron chi connectivity index (χ2n) is 4.50. The Kier molecular flexibility index (Phi) is 5.44. The van der Waals surface area contributed by atoms with Crippen molar-refractivity contribution in [2.45, 2.75) is 25.9 Å². The molecule has 0 radical (unpaired) electrons. The molecule has 0 atom stereocenters. The maximum absolute atomic E-state index is 12.0. The number of carbonyl (C=O) groups is 1. The fourth-order valence-electron chi connectivity index (χ4n) is 1.92. The third-order valence-electron chi connectivity index (χ3n) is 2.96. The number of ether oxygens (including phenoxy) is 1. The van der Waals surface area contributed by atoms with Crippen LogP contribution in [0.4, 0.5) is 4.79 Å². The molecule has 4 heteroatoms. The Bertz CT molecular complexity index is 405. The molecule has 1 heterocycles. The first-order valence-corrected chi connectivity index (χ1v) is 6.73. The van der Waals surface area contributed by atoms with Gasteiger partial charge in [-0.25, -0.2) is 15.2 Å². The smallest absolute Gasteiger partial charge is 0.424 e. The van der Waals surface area contributed by atoms with Crippen LogP contribution < -0.4 is 5.43 Å². The summed E-state index contributed by atoms with van der Waals surface area (Å²) in [5.41, 5.74) is 4.11. The van der Waals surface area contributed by atoms with E-state index in [1.807, 2.05) is 30.3 Å². The fraction of sp³-hybridized carbons (Fsp3) is 0.400. The zero-order chi connectivity index (χ0) is 13.3. The molecule has 1 N–H and O–H groups in total. The van der Waals surface area contributed by atoms with Gasteiger partial charge in [0.25, 0.3) is 0 Å². The number of rotatable bonds is 2. The summed E-state index contributed by atoms with van der Waals surface area (Å²) in [7, 11) is 0. The van der Waals surface area contributed by atoms with Gasteiger partial charge < -0.3 is 4.74 Å². The predicted molar refractivity (Wildman–Crippen MR) is 74.3 cm³/mol. The zero-order valence-corrected chi connectivity index (χ0v) is 11.0. The van der Waals surface area contributed by atoms with E-state index in [1.54, 1.807) is 5.01 Å². The standard InChI is InChI=1S/C15H20N2O2/c18-15(19-13-14-9-5-4-6-10-14)17-12-8-3-1-2-7-11-16-17/h1-2,4-6,9-10,16H,3,7-8,11-13H2/b2-1-. The number of allylic oxidation sites excluding steroid dienone is 1. The van der Waals surface area contributed by atoms with Crippen molar-refractivity contribution in [2.75, 3.05) is 13.1 Å². The van der Waals surface area contributed by atoms with E-state index in [1.165, 1.54) is 0 Å². The molecule has 19 heavy (non-hydrogen) atoms. The van der Waals surface area contributed by atoms with Gasteiger partial charge in [0.2, 0.25) is 0 Å². The van der Waals surface area contributed by atoms with E-state index in [4.69, 9.17) is 4.74 Å². The third kappa shape index (κ3) is 4.75. The number of hydrogen-bond donors (Lipinski definition) is 1. The van der Waals surface area contributed by atoms with Gasteiger partial charge in [-0.3, -0.25) is 0 Å². The summed E-state index contributed by atoms with van der Waals surface area (Å²) in [6.07, 6.45) is 6.90. The van der Waals surface area contributed by atoms with Crippen LogP contribution >= 0.6 is 0 Å². The van der Waals surface area contributed by atoms with Crippen LogP contribution in [0.1, 0.15) is 24.8 Å². The van der Waals surface area contributed by atoms with Crippen molar-refractivity contribution in [2.24, 2.45) is 0 Å². The van der Waals surface area contributed by atoms with Crippen LogP contribution in [0, 0.1) is 0 Å². The van der Waals surface area contributed by atoms with Crippen LogP contribution in [0.25, 0.3) is 0 Å². The number of nitrogens with zero attached hydrogens (tertiary/aromatic N) is 1. The van der Waals surface area contributed by atoms with E-state index in [-0.39, 0.29) is 6.09 Å². The average molecular weight is 260 g/mol. The molecule has 0 fully saturated rings. The fourth-order valence-corrected chi connectivity index (χ4v) is 1.92. The van der Waals surface area contributed by atoms with Gasteiger partial charge in [-0.05, 0) is 24.8 Å². The molecule has 0 saturated carbocycles. The van der Waals surface area contributed by atoms with Crippen LogP contribution in [0.15, 0.2) is 42.5 Å². The first-order valence-electron chi connectivity index (χ1n) is 6.73. The average Bonchev–Trinajstić information content (AvgIpc) is 2.59. The van der Waals surface area contributed by atoms with Crippen molar-refractivity contribution < 1.29 is 9.53 Å². The molecule has 1 aromatic rings. The molecule has 2 rings (SSSR count). The van der Waals surface area contributed by atoms with Gasteiger partial charge in [-0.15, -0.1) is 0 Å². The molecule has 0 bridgehead atoms. The number of hydrazine groups is 1. The number of hydrogen-bond acceptors (Lipinski definition) is 3. The van der Waals surface area contributed by atoms with Crippen molar-refractivity contribution in [3.8, 4) is 0 Å². The van der Waals surface area contributed by atoms with Gasteiger partial charge in [0.1, 0.15) is 6.61 Å². The molecule has 1 amide bonds. The lowest BCUT2D eigenvalue weighted by Crippen LogP contribution is -2.43. The maximum Gasteiger partial charge on any atom is 0.424 e. The Balaban J connectivity index is 1.81.